The number of pyridine rings is 1. The molecule has 0 aliphatic carbocycles. The van der Waals surface area contributed by atoms with Crippen LogP contribution in [0.3, 0.4) is 0 Å². The van der Waals surface area contributed by atoms with Gasteiger partial charge in [0.2, 0.25) is 10.0 Å². The second-order valence-electron chi connectivity index (χ2n) is 7.15. The number of allylic oxidation sites excluding steroid dienone is 1. The van der Waals surface area contributed by atoms with Gasteiger partial charge >= 0.3 is 0 Å². The van der Waals surface area contributed by atoms with Gasteiger partial charge in [-0.25, -0.2) is 22.2 Å². The molecule has 1 atom stereocenters. The van der Waals surface area contributed by atoms with Crippen molar-refractivity contribution in [1.82, 2.24) is 14.3 Å². The number of aromatic amines is 1. The molecule has 0 spiro atoms. The standard InChI is InChI=1S/C21H21F2N3O3S/c1-3-29-20-12-18(23)17(22)10-15(20)14-4-7-24-21-16(14)11-19(25-21)13-5-8-26(9-6-13)30(2,27)28/h4-5,7-8,10-13H,3,6,9H2,1-2H3,(H,24,25). The van der Waals surface area contributed by atoms with Gasteiger partial charge in [-0.1, -0.05) is 6.08 Å². The summed E-state index contributed by atoms with van der Waals surface area (Å²) in [6.07, 6.45) is 6.79. The second kappa shape index (κ2) is 7.71. The Hall–Kier alpha value is -2.94. The predicted octanol–water partition coefficient (Wildman–Crippen LogP) is 4.17. The molecule has 158 valence electrons. The van der Waals surface area contributed by atoms with E-state index >= 15 is 0 Å². The number of hydrogen-bond acceptors (Lipinski definition) is 4. The number of hydrogen-bond donors (Lipinski definition) is 1. The largest absolute Gasteiger partial charge is 0.493 e. The van der Waals surface area contributed by atoms with Crippen molar-refractivity contribution >= 4 is 21.1 Å². The van der Waals surface area contributed by atoms with Crippen molar-refractivity contribution in [2.45, 2.75) is 19.3 Å². The van der Waals surface area contributed by atoms with E-state index in [9.17, 15) is 17.2 Å². The number of nitrogens with zero attached hydrogens (tertiary/aromatic N) is 2. The lowest BCUT2D eigenvalue weighted by atomic mass is 9.98. The van der Waals surface area contributed by atoms with Crippen LogP contribution in [-0.2, 0) is 10.0 Å². The number of benzene rings is 1. The smallest absolute Gasteiger partial charge is 0.231 e. The van der Waals surface area contributed by atoms with Crippen LogP contribution < -0.4 is 4.74 Å². The van der Waals surface area contributed by atoms with Crippen molar-refractivity contribution in [2.75, 3.05) is 19.4 Å². The Bertz CT molecular complexity index is 1240. The van der Waals surface area contributed by atoms with Gasteiger partial charge in [-0.15, -0.1) is 0 Å². The molecule has 9 heteroatoms. The predicted molar refractivity (Wildman–Crippen MR) is 111 cm³/mol. The Kier molecular flexibility index (Phi) is 5.23. The quantitative estimate of drug-likeness (QED) is 0.655. The summed E-state index contributed by atoms with van der Waals surface area (Å²) < 4.78 is 58.0. The van der Waals surface area contributed by atoms with Crippen molar-refractivity contribution < 1.29 is 21.9 Å². The van der Waals surface area contributed by atoms with Crippen molar-refractivity contribution in [3.05, 3.63) is 60.1 Å². The molecule has 1 N–H and O–H groups in total. The summed E-state index contributed by atoms with van der Waals surface area (Å²) in [4.78, 5) is 7.63. The Morgan fingerprint density at radius 3 is 2.67 bits per heavy atom. The molecular weight excluding hydrogens is 412 g/mol. The van der Waals surface area contributed by atoms with Gasteiger partial charge < -0.3 is 9.72 Å². The molecule has 1 unspecified atom stereocenters. The molecule has 0 radical (unpaired) electrons. The van der Waals surface area contributed by atoms with Crippen LogP contribution >= 0.6 is 0 Å². The van der Waals surface area contributed by atoms with Crippen LogP contribution in [0.5, 0.6) is 5.75 Å². The number of ether oxygens (including phenoxy) is 1. The Morgan fingerprint density at radius 2 is 2.00 bits per heavy atom. The maximum Gasteiger partial charge on any atom is 0.231 e. The molecule has 3 heterocycles. The number of halogens is 2. The van der Waals surface area contributed by atoms with Gasteiger partial charge in [-0.3, -0.25) is 4.31 Å². The first-order chi connectivity index (χ1) is 14.3. The molecule has 30 heavy (non-hydrogen) atoms. The van der Waals surface area contributed by atoms with E-state index in [4.69, 9.17) is 4.74 Å². The van der Waals surface area contributed by atoms with Crippen molar-refractivity contribution in [3.8, 4) is 16.9 Å². The summed E-state index contributed by atoms with van der Waals surface area (Å²) in [6.45, 7) is 2.47. The van der Waals surface area contributed by atoms with E-state index in [1.54, 1.807) is 25.4 Å². The van der Waals surface area contributed by atoms with Gasteiger partial charge in [-0.2, -0.15) is 0 Å². The summed E-state index contributed by atoms with van der Waals surface area (Å²) >= 11 is 0. The number of nitrogens with one attached hydrogen (secondary N) is 1. The van der Waals surface area contributed by atoms with Crippen LogP contribution in [0, 0.1) is 11.6 Å². The van der Waals surface area contributed by atoms with Gasteiger partial charge in [0, 0.05) is 47.6 Å². The zero-order valence-corrected chi connectivity index (χ0v) is 17.3. The summed E-state index contributed by atoms with van der Waals surface area (Å²) in [5, 5.41) is 0.749. The third-order valence-corrected chi connectivity index (χ3v) is 6.29. The zero-order valence-electron chi connectivity index (χ0n) is 16.5. The van der Waals surface area contributed by atoms with E-state index in [1.807, 2.05) is 12.1 Å². The van der Waals surface area contributed by atoms with Gasteiger partial charge in [0.25, 0.3) is 0 Å². The van der Waals surface area contributed by atoms with Crippen LogP contribution in [-0.4, -0.2) is 42.1 Å². The number of rotatable bonds is 5. The number of sulfonamides is 1. The number of H-pyrrole nitrogens is 1. The first-order valence-corrected chi connectivity index (χ1v) is 11.4. The zero-order chi connectivity index (χ0) is 21.5. The molecule has 0 amide bonds. The maximum atomic E-state index is 14.0. The van der Waals surface area contributed by atoms with E-state index in [0.717, 1.165) is 23.2 Å². The van der Waals surface area contributed by atoms with Crippen molar-refractivity contribution in [1.29, 1.82) is 0 Å². The highest BCUT2D eigenvalue weighted by Gasteiger charge is 2.23. The minimum Gasteiger partial charge on any atom is -0.493 e. The molecule has 4 rings (SSSR count). The highest BCUT2D eigenvalue weighted by Crippen LogP contribution is 2.38. The normalized spacial score (nSPS) is 16.9. The average Bonchev–Trinajstić information content (AvgIpc) is 3.15. The van der Waals surface area contributed by atoms with Gasteiger partial charge in [0.1, 0.15) is 11.4 Å². The van der Waals surface area contributed by atoms with Crippen LogP contribution in [0.25, 0.3) is 22.2 Å². The van der Waals surface area contributed by atoms with E-state index in [0.29, 0.717) is 36.3 Å². The molecule has 0 bridgehead atoms. The summed E-state index contributed by atoms with van der Waals surface area (Å²) in [6, 6.07) is 5.83. The molecule has 1 aliphatic heterocycles. The SMILES string of the molecule is CCOc1cc(F)c(F)cc1-c1ccnc2[nH]c(C3C=CN(S(C)(=O)=O)CC3)cc12. The minimum atomic E-state index is -3.27. The van der Waals surface area contributed by atoms with Crippen LogP contribution in [0.2, 0.25) is 0 Å². The minimum absolute atomic E-state index is 0.0126. The van der Waals surface area contributed by atoms with Gasteiger partial charge in [-0.05, 0) is 37.1 Å². The summed E-state index contributed by atoms with van der Waals surface area (Å²) in [5.74, 6) is -1.68. The molecule has 1 aliphatic rings. The summed E-state index contributed by atoms with van der Waals surface area (Å²) in [7, 11) is -3.27. The Morgan fingerprint density at radius 1 is 1.23 bits per heavy atom. The lowest BCUT2D eigenvalue weighted by Crippen LogP contribution is -2.29. The van der Waals surface area contributed by atoms with Gasteiger partial charge in [0.15, 0.2) is 11.6 Å². The fourth-order valence-electron chi connectivity index (χ4n) is 3.67. The van der Waals surface area contributed by atoms with E-state index in [-0.39, 0.29) is 11.7 Å². The van der Waals surface area contributed by atoms with E-state index in [1.165, 1.54) is 10.6 Å². The first kappa shape index (κ1) is 20.3. The molecule has 0 fully saturated rings. The van der Waals surface area contributed by atoms with Crippen molar-refractivity contribution in [3.63, 3.8) is 0 Å². The topological polar surface area (TPSA) is 75.3 Å². The fraction of sp³-hybridized carbons (Fsp3) is 0.286. The molecule has 0 saturated heterocycles. The Labute approximate surface area is 173 Å². The van der Waals surface area contributed by atoms with Gasteiger partial charge in [0.05, 0.1) is 12.9 Å². The molecule has 2 aromatic heterocycles. The third-order valence-electron chi connectivity index (χ3n) is 5.14. The maximum absolute atomic E-state index is 14.0. The van der Waals surface area contributed by atoms with E-state index < -0.39 is 21.7 Å². The van der Waals surface area contributed by atoms with Crippen LogP contribution in [0.4, 0.5) is 8.78 Å². The molecule has 1 aromatic carbocycles. The lowest BCUT2D eigenvalue weighted by Gasteiger charge is -2.25. The molecule has 6 nitrogen and oxygen atoms in total. The van der Waals surface area contributed by atoms with E-state index in [2.05, 4.69) is 9.97 Å². The van der Waals surface area contributed by atoms with Crippen molar-refractivity contribution in [2.24, 2.45) is 0 Å². The lowest BCUT2D eigenvalue weighted by molar-refractivity contribution is 0.338. The fourth-order valence-corrected chi connectivity index (χ4v) is 4.40. The Balaban J connectivity index is 1.77. The molecular formula is C21H21F2N3O3S. The first-order valence-electron chi connectivity index (χ1n) is 9.53. The second-order valence-corrected chi connectivity index (χ2v) is 9.09. The van der Waals surface area contributed by atoms with Crippen LogP contribution in [0.15, 0.2) is 42.7 Å². The van der Waals surface area contributed by atoms with Crippen LogP contribution in [0.1, 0.15) is 25.0 Å². The average molecular weight is 433 g/mol. The third kappa shape index (κ3) is 3.77. The summed E-state index contributed by atoms with van der Waals surface area (Å²) in [5.41, 5.74) is 2.59. The molecule has 3 aromatic rings. The number of fused-ring (bicyclic) bond motifs is 1. The number of aromatic nitrogens is 2. The highest BCUT2D eigenvalue weighted by molar-refractivity contribution is 7.88. The molecule has 0 saturated carbocycles. The monoisotopic (exact) mass is 433 g/mol. The highest BCUT2D eigenvalue weighted by atomic mass is 32.2.